The summed E-state index contributed by atoms with van der Waals surface area (Å²) in [5, 5.41) is 20.3. The number of aromatic nitrogens is 2. The molecule has 7 nitrogen and oxygen atoms in total. The van der Waals surface area contributed by atoms with Crippen LogP contribution in [0.1, 0.15) is 22.3 Å². The number of fused-ring (bicyclic) bond motifs is 1. The molecule has 1 aromatic carbocycles. The van der Waals surface area contributed by atoms with Crippen LogP contribution in [0, 0.1) is 37.5 Å². The van der Waals surface area contributed by atoms with E-state index in [1.165, 1.54) is 4.57 Å². The average molecular weight is 506 g/mol. The van der Waals surface area contributed by atoms with Crippen LogP contribution in [0.5, 0.6) is 5.75 Å². The predicted octanol–water partition coefficient (Wildman–Crippen LogP) is 3.31. The molecule has 1 fully saturated rings. The quantitative estimate of drug-likeness (QED) is 0.432. The minimum atomic E-state index is -0.398. The fraction of sp³-hybridized carbons (Fsp3) is 0.320. The van der Waals surface area contributed by atoms with Gasteiger partial charge in [-0.3, -0.25) is 14.3 Å². The summed E-state index contributed by atoms with van der Waals surface area (Å²) in [6.07, 6.45) is 5.47. The molecular weight excluding hydrogens is 482 g/mol. The Morgan fingerprint density at radius 3 is 2.58 bits per heavy atom. The lowest BCUT2D eigenvalue weighted by Gasteiger charge is -2.37. The predicted molar refractivity (Wildman–Crippen MR) is 132 cm³/mol. The summed E-state index contributed by atoms with van der Waals surface area (Å²) in [7, 11) is 0. The number of aromatic hydroxyl groups is 1. The molecule has 3 aromatic rings. The molecule has 0 aliphatic carbocycles. The molecule has 1 aliphatic heterocycles. The third kappa shape index (κ3) is 4.32. The number of phenolic OH excluding ortho intramolecular Hbond substituents is 1. The van der Waals surface area contributed by atoms with Gasteiger partial charge in [-0.25, -0.2) is 4.98 Å². The molecule has 0 radical (unpaired) electrons. The van der Waals surface area contributed by atoms with Gasteiger partial charge in [0.2, 0.25) is 0 Å². The van der Waals surface area contributed by atoms with E-state index >= 15 is 0 Å². The molecule has 2 aromatic heterocycles. The van der Waals surface area contributed by atoms with Crippen molar-refractivity contribution in [2.75, 3.05) is 31.1 Å². The van der Waals surface area contributed by atoms with Crippen LogP contribution in [-0.4, -0.2) is 45.7 Å². The summed E-state index contributed by atoms with van der Waals surface area (Å²) in [5.41, 5.74) is 4.44. The van der Waals surface area contributed by atoms with Gasteiger partial charge in [-0.05, 0) is 59.1 Å². The molecule has 0 saturated carbocycles. The van der Waals surface area contributed by atoms with E-state index < -0.39 is 5.56 Å². The summed E-state index contributed by atoms with van der Waals surface area (Å²) >= 11 is 3.41. The minimum Gasteiger partial charge on any atom is -0.508 e. The lowest BCUT2D eigenvalue weighted by Crippen LogP contribution is -2.47. The Hall–Kier alpha value is -3.33. The maximum Gasteiger partial charge on any atom is 0.272 e. The lowest BCUT2D eigenvalue weighted by molar-refractivity contribution is 0.246. The van der Waals surface area contributed by atoms with E-state index in [9.17, 15) is 15.2 Å². The molecule has 0 amide bonds. The molecule has 0 unspecified atom stereocenters. The first-order valence-electron chi connectivity index (χ1n) is 10.7. The number of nitrogens with zero attached hydrogens (tertiary/aromatic N) is 5. The van der Waals surface area contributed by atoms with Gasteiger partial charge in [0.05, 0.1) is 17.7 Å². The van der Waals surface area contributed by atoms with Crippen molar-refractivity contribution in [3.63, 3.8) is 0 Å². The first-order chi connectivity index (χ1) is 15.8. The largest absolute Gasteiger partial charge is 0.508 e. The van der Waals surface area contributed by atoms with Gasteiger partial charge in [0, 0.05) is 38.3 Å². The van der Waals surface area contributed by atoms with Crippen molar-refractivity contribution in [2.45, 2.75) is 26.9 Å². The second-order valence-corrected chi connectivity index (χ2v) is 9.09. The maximum absolute atomic E-state index is 13.1. The highest BCUT2D eigenvalue weighted by atomic mass is 79.9. The van der Waals surface area contributed by atoms with Crippen LogP contribution in [-0.2, 0) is 13.1 Å². The third-order valence-corrected chi connectivity index (χ3v) is 6.52. The molecule has 1 saturated heterocycles. The van der Waals surface area contributed by atoms with E-state index in [1.807, 2.05) is 13.8 Å². The second kappa shape index (κ2) is 9.27. The fourth-order valence-electron chi connectivity index (χ4n) is 4.47. The summed E-state index contributed by atoms with van der Waals surface area (Å²) in [5.74, 6) is 2.82. The number of anilines is 1. The van der Waals surface area contributed by atoms with Crippen LogP contribution in [0.25, 0.3) is 11.0 Å². The van der Waals surface area contributed by atoms with Crippen LogP contribution in [0.4, 0.5) is 5.69 Å². The number of hydrogen-bond acceptors (Lipinski definition) is 6. The number of rotatable bonds is 4. The van der Waals surface area contributed by atoms with Crippen LogP contribution < -0.4 is 10.5 Å². The van der Waals surface area contributed by atoms with Crippen molar-refractivity contribution in [1.29, 1.82) is 5.26 Å². The van der Waals surface area contributed by atoms with Crippen molar-refractivity contribution in [1.82, 2.24) is 14.5 Å². The highest BCUT2D eigenvalue weighted by Crippen LogP contribution is 2.30. The lowest BCUT2D eigenvalue weighted by atomic mass is 10.0. The Morgan fingerprint density at radius 1 is 1.21 bits per heavy atom. The van der Waals surface area contributed by atoms with E-state index in [-0.39, 0.29) is 12.1 Å². The van der Waals surface area contributed by atoms with Crippen LogP contribution in [0.15, 0.2) is 33.7 Å². The summed E-state index contributed by atoms with van der Waals surface area (Å²) in [4.78, 5) is 22.0. The Kier molecular flexibility index (Phi) is 6.42. The first-order valence-corrected chi connectivity index (χ1v) is 11.5. The van der Waals surface area contributed by atoms with Crippen molar-refractivity contribution in [2.24, 2.45) is 0 Å². The van der Waals surface area contributed by atoms with Crippen molar-refractivity contribution in [3.8, 4) is 24.2 Å². The monoisotopic (exact) mass is 505 g/mol. The van der Waals surface area contributed by atoms with E-state index in [0.29, 0.717) is 46.7 Å². The topological polar surface area (TPSA) is 85.4 Å². The Labute approximate surface area is 201 Å². The smallest absolute Gasteiger partial charge is 0.272 e. The van der Waals surface area contributed by atoms with E-state index in [4.69, 9.17) is 6.42 Å². The Bertz CT molecular complexity index is 1350. The maximum atomic E-state index is 13.1. The molecule has 8 heteroatoms. The molecule has 4 rings (SSSR count). The highest BCUT2D eigenvalue weighted by Gasteiger charge is 2.26. The Morgan fingerprint density at radius 2 is 1.94 bits per heavy atom. The zero-order valence-electron chi connectivity index (χ0n) is 18.6. The van der Waals surface area contributed by atoms with Gasteiger partial charge < -0.3 is 10.0 Å². The first kappa shape index (κ1) is 22.8. The number of aryl methyl sites for hydroxylation is 2. The van der Waals surface area contributed by atoms with Gasteiger partial charge in [-0.15, -0.1) is 6.42 Å². The van der Waals surface area contributed by atoms with Crippen molar-refractivity contribution < 1.29 is 5.11 Å². The zero-order chi connectivity index (χ0) is 23.7. The summed E-state index contributed by atoms with van der Waals surface area (Å²) in [6, 6.07) is 9.53. The zero-order valence-corrected chi connectivity index (χ0v) is 20.2. The molecule has 3 heterocycles. The van der Waals surface area contributed by atoms with Gasteiger partial charge in [0.15, 0.2) is 0 Å². The van der Waals surface area contributed by atoms with E-state index in [0.717, 1.165) is 29.8 Å². The normalized spacial score (nSPS) is 14.3. The van der Waals surface area contributed by atoms with Gasteiger partial charge >= 0.3 is 0 Å². The molecule has 0 atom stereocenters. The number of piperazine rings is 1. The van der Waals surface area contributed by atoms with Crippen LogP contribution >= 0.6 is 15.9 Å². The Balaban J connectivity index is 1.67. The molecule has 1 aliphatic rings. The average Bonchev–Trinajstić information content (AvgIpc) is 2.78. The standard InChI is InChI=1S/C25H24BrN5O2/c1-4-7-31-20-5-6-22(26)28-23(20)24(18(14-27)25(31)33)30-10-8-29(9-11-30)15-19-17(3)12-16(2)13-21(19)32/h1,5-6,12-13,32H,7-11,15H2,2-3H3. The van der Waals surface area contributed by atoms with Gasteiger partial charge in [-0.2, -0.15) is 5.26 Å². The molecule has 0 bridgehead atoms. The van der Waals surface area contributed by atoms with Crippen molar-refractivity contribution >= 4 is 32.7 Å². The van der Waals surface area contributed by atoms with Gasteiger partial charge in [0.1, 0.15) is 27.5 Å². The molecule has 1 N–H and O–H groups in total. The highest BCUT2D eigenvalue weighted by molar-refractivity contribution is 9.10. The number of hydrogen-bond donors (Lipinski definition) is 1. The number of benzene rings is 1. The van der Waals surface area contributed by atoms with Crippen molar-refractivity contribution in [3.05, 3.63) is 61.5 Å². The van der Waals surface area contributed by atoms with Gasteiger partial charge in [-0.1, -0.05) is 12.0 Å². The fourth-order valence-corrected chi connectivity index (χ4v) is 4.78. The number of terminal acetylenes is 1. The minimum absolute atomic E-state index is 0.0591. The molecular formula is C25H24BrN5O2. The molecule has 33 heavy (non-hydrogen) atoms. The second-order valence-electron chi connectivity index (χ2n) is 8.28. The van der Waals surface area contributed by atoms with Gasteiger partial charge in [0.25, 0.3) is 5.56 Å². The third-order valence-electron chi connectivity index (χ3n) is 6.08. The summed E-state index contributed by atoms with van der Waals surface area (Å²) < 4.78 is 2.05. The SMILES string of the molecule is C#CCn1c(=O)c(C#N)c(N2CCN(Cc3c(C)cc(C)cc3O)CC2)c2nc(Br)ccc21. The van der Waals surface area contributed by atoms with Crippen LogP contribution in [0.2, 0.25) is 0 Å². The number of phenols is 1. The summed E-state index contributed by atoms with van der Waals surface area (Å²) in [6.45, 7) is 7.39. The molecule has 168 valence electrons. The number of pyridine rings is 2. The van der Waals surface area contributed by atoms with E-state index in [1.54, 1.807) is 18.2 Å². The van der Waals surface area contributed by atoms with Crippen LogP contribution in [0.3, 0.4) is 0 Å². The number of halogens is 1. The van der Waals surface area contributed by atoms with E-state index in [2.05, 4.69) is 48.8 Å². The molecule has 0 spiro atoms. The number of nitriles is 1.